The van der Waals surface area contributed by atoms with Crippen molar-refractivity contribution in [3.8, 4) is 0 Å². The van der Waals surface area contributed by atoms with Crippen molar-refractivity contribution in [1.29, 1.82) is 0 Å². The van der Waals surface area contributed by atoms with Crippen molar-refractivity contribution in [2.24, 2.45) is 0 Å². The maximum absolute atomic E-state index is 11.6. The summed E-state index contributed by atoms with van der Waals surface area (Å²) in [6.45, 7) is -0.702. The molecule has 0 saturated heterocycles. The normalized spacial score (nSPS) is 11.9. The quantitative estimate of drug-likeness (QED) is 0.771. The fraction of sp³-hybridized carbons (Fsp3) is 0.200. The Labute approximate surface area is 107 Å². The van der Waals surface area contributed by atoms with Gasteiger partial charge in [0.15, 0.2) is 6.04 Å². The van der Waals surface area contributed by atoms with Crippen LogP contribution in [0.1, 0.15) is 10.4 Å². The number of carbonyl (C=O) groups excluding carboxylic acids is 1. The Hall–Kier alpha value is -1.30. The molecule has 0 heterocycles. The van der Waals surface area contributed by atoms with Crippen LogP contribution in [0.5, 0.6) is 0 Å². The zero-order chi connectivity index (χ0) is 13.0. The van der Waals surface area contributed by atoms with Crippen molar-refractivity contribution < 1.29 is 19.8 Å². The number of aliphatic hydroxyl groups excluding tert-OH is 1. The number of aliphatic hydroxyl groups is 1. The van der Waals surface area contributed by atoms with Gasteiger partial charge in [-0.05, 0) is 18.2 Å². The summed E-state index contributed by atoms with van der Waals surface area (Å²) in [6, 6.07) is 2.83. The second kappa shape index (κ2) is 5.86. The van der Waals surface area contributed by atoms with Gasteiger partial charge in [-0.3, -0.25) is 4.79 Å². The van der Waals surface area contributed by atoms with Gasteiger partial charge in [0.2, 0.25) is 0 Å². The summed E-state index contributed by atoms with van der Waals surface area (Å²) in [5.41, 5.74) is 0.0933. The first-order valence-electron chi connectivity index (χ1n) is 4.55. The molecule has 1 rings (SSSR count). The van der Waals surface area contributed by atoms with Crippen LogP contribution in [0.4, 0.5) is 0 Å². The summed E-state index contributed by atoms with van der Waals surface area (Å²) < 4.78 is 0. The molecule has 0 spiro atoms. The number of carbonyl (C=O) groups is 2. The van der Waals surface area contributed by atoms with Crippen LogP contribution in [-0.2, 0) is 4.79 Å². The third-order valence-corrected chi connectivity index (χ3v) is 2.51. The van der Waals surface area contributed by atoms with E-state index >= 15 is 0 Å². The zero-order valence-corrected chi connectivity index (χ0v) is 10.00. The first-order chi connectivity index (χ1) is 7.95. The molecule has 0 saturated carbocycles. The fourth-order valence-corrected chi connectivity index (χ4v) is 1.59. The molecule has 92 valence electrons. The summed E-state index contributed by atoms with van der Waals surface area (Å²) in [5.74, 6) is -2.01. The molecule has 0 fully saturated rings. The van der Waals surface area contributed by atoms with Crippen LogP contribution in [0.15, 0.2) is 18.2 Å². The molecule has 0 aliphatic carbocycles. The van der Waals surface area contributed by atoms with Crippen LogP contribution in [0, 0.1) is 0 Å². The number of aliphatic carboxylic acids is 1. The van der Waals surface area contributed by atoms with Gasteiger partial charge in [0, 0.05) is 5.02 Å². The number of halogens is 2. The van der Waals surface area contributed by atoms with Crippen LogP contribution in [0.3, 0.4) is 0 Å². The minimum Gasteiger partial charge on any atom is -0.480 e. The van der Waals surface area contributed by atoms with E-state index in [1.54, 1.807) is 0 Å². The molecule has 1 amide bonds. The minimum absolute atomic E-state index is 0.0933. The SMILES string of the molecule is O=C(N[C@H](CO)C(=O)O)c1ccc(Cl)cc1Cl. The predicted octanol–water partition coefficient (Wildman–Crippen LogP) is 1.17. The second-order valence-corrected chi connectivity index (χ2v) is 4.01. The van der Waals surface area contributed by atoms with Gasteiger partial charge in [-0.1, -0.05) is 23.2 Å². The van der Waals surface area contributed by atoms with Crippen LogP contribution in [0.2, 0.25) is 10.0 Å². The molecule has 17 heavy (non-hydrogen) atoms. The molecule has 1 atom stereocenters. The van der Waals surface area contributed by atoms with Gasteiger partial charge < -0.3 is 15.5 Å². The molecule has 3 N–H and O–H groups in total. The Kier molecular flexibility index (Phi) is 4.74. The summed E-state index contributed by atoms with van der Waals surface area (Å²) in [7, 11) is 0. The topological polar surface area (TPSA) is 86.6 Å². The number of benzene rings is 1. The molecule has 5 nitrogen and oxygen atoms in total. The van der Waals surface area contributed by atoms with Gasteiger partial charge in [0.05, 0.1) is 17.2 Å². The molecule has 1 aromatic carbocycles. The Bertz CT molecular complexity index is 450. The lowest BCUT2D eigenvalue weighted by atomic mass is 10.2. The lowest BCUT2D eigenvalue weighted by molar-refractivity contribution is -0.140. The van der Waals surface area contributed by atoms with E-state index in [9.17, 15) is 9.59 Å². The Morgan fingerprint density at radius 2 is 2.00 bits per heavy atom. The van der Waals surface area contributed by atoms with Crippen molar-refractivity contribution in [2.75, 3.05) is 6.61 Å². The van der Waals surface area contributed by atoms with Crippen LogP contribution in [-0.4, -0.2) is 34.7 Å². The average molecular weight is 278 g/mol. The molecular formula is C10H9Cl2NO4. The van der Waals surface area contributed by atoms with Gasteiger partial charge in [-0.25, -0.2) is 4.79 Å². The minimum atomic E-state index is -1.37. The highest BCUT2D eigenvalue weighted by Gasteiger charge is 2.20. The van der Waals surface area contributed by atoms with E-state index in [1.165, 1.54) is 18.2 Å². The average Bonchev–Trinajstić information content (AvgIpc) is 2.24. The first kappa shape index (κ1) is 13.8. The number of rotatable bonds is 4. The second-order valence-electron chi connectivity index (χ2n) is 3.17. The molecule has 0 bridgehead atoms. The maximum Gasteiger partial charge on any atom is 0.328 e. The smallest absolute Gasteiger partial charge is 0.328 e. The predicted molar refractivity (Wildman–Crippen MR) is 62.4 cm³/mol. The highest BCUT2D eigenvalue weighted by molar-refractivity contribution is 6.36. The number of carboxylic acid groups (broad SMARTS) is 1. The maximum atomic E-state index is 11.6. The monoisotopic (exact) mass is 277 g/mol. The number of amides is 1. The van der Waals surface area contributed by atoms with Gasteiger partial charge in [0.25, 0.3) is 5.91 Å². The van der Waals surface area contributed by atoms with Crippen LogP contribution >= 0.6 is 23.2 Å². The molecule has 7 heteroatoms. The van der Waals surface area contributed by atoms with Gasteiger partial charge in [0.1, 0.15) is 0 Å². The molecular weight excluding hydrogens is 269 g/mol. The Morgan fingerprint density at radius 1 is 1.35 bits per heavy atom. The molecule has 1 aromatic rings. The molecule has 0 aliphatic rings. The van der Waals surface area contributed by atoms with E-state index < -0.39 is 24.5 Å². The number of nitrogens with one attached hydrogen (secondary N) is 1. The van der Waals surface area contributed by atoms with Crippen LogP contribution < -0.4 is 5.32 Å². The standard InChI is InChI=1S/C10H9Cl2NO4/c11-5-1-2-6(7(12)3-5)9(15)13-8(4-14)10(16)17/h1-3,8,14H,4H2,(H,13,15)(H,16,17)/t8-/m1/s1. The number of carboxylic acids is 1. The van der Waals surface area contributed by atoms with Crippen molar-refractivity contribution >= 4 is 35.1 Å². The van der Waals surface area contributed by atoms with E-state index in [1.807, 2.05) is 0 Å². The third kappa shape index (κ3) is 3.59. The fourth-order valence-electron chi connectivity index (χ4n) is 1.10. The Morgan fingerprint density at radius 3 is 2.47 bits per heavy atom. The highest BCUT2D eigenvalue weighted by Crippen LogP contribution is 2.20. The Balaban J connectivity index is 2.86. The van der Waals surface area contributed by atoms with E-state index in [4.69, 9.17) is 33.4 Å². The van der Waals surface area contributed by atoms with Crippen molar-refractivity contribution in [1.82, 2.24) is 5.32 Å². The molecule has 0 radical (unpaired) electrons. The van der Waals surface area contributed by atoms with Crippen molar-refractivity contribution in [2.45, 2.75) is 6.04 Å². The lowest BCUT2D eigenvalue weighted by Crippen LogP contribution is -2.43. The first-order valence-corrected chi connectivity index (χ1v) is 5.31. The largest absolute Gasteiger partial charge is 0.480 e. The number of hydrogen-bond acceptors (Lipinski definition) is 3. The van der Waals surface area contributed by atoms with Crippen molar-refractivity contribution in [3.05, 3.63) is 33.8 Å². The van der Waals surface area contributed by atoms with Crippen molar-refractivity contribution in [3.63, 3.8) is 0 Å². The summed E-state index contributed by atoms with van der Waals surface area (Å²) in [5, 5.41) is 20.0. The molecule has 0 aromatic heterocycles. The summed E-state index contributed by atoms with van der Waals surface area (Å²) in [6.07, 6.45) is 0. The summed E-state index contributed by atoms with van der Waals surface area (Å²) in [4.78, 5) is 22.2. The van der Waals surface area contributed by atoms with Gasteiger partial charge in [-0.15, -0.1) is 0 Å². The molecule has 0 unspecified atom stereocenters. The highest BCUT2D eigenvalue weighted by atomic mass is 35.5. The van der Waals surface area contributed by atoms with Crippen LogP contribution in [0.25, 0.3) is 0 Å². The van der Waals surface area contributed by atoms with E-state index in [2.05, 4.69) is 5.32 Å². The number of hydrogen-bond donors (Lipinski definition) is 3. The van der Waals surface area contributed by atoms with E-state index in [0.29, 0.717) is 5.02 Å². The third-order valence-electron chi connectivity index (χ3n) is 1.96. The van der Waals surface area contributed by atoms with E-state index in [0.717, 1.165) is 0 Å². The molecule has 0 aliphatic heterocycles. The zero-order valence-electron chi connectivity index (χ0n) is 8.48. The lowest BCUT2D eigenvalue weighted by Gasteiger charge is -2.12. The van der Waals surface area contributed by atoms with E-state index in [-0.39, 0.29) is 10.6 Å². The summed E-state index contributed by atoms with van der Waals surface area (Å²) >= 11 is 11.4. The van der Waals surface area contributed by atoms with Gasteiger partial charge >= 0.3 is 5.97 Å². The van der Waals surface area contributed by atoms with Gasteiger partial charge in [-0.2, -0.15) is 0 Å².